The van der Waals surface area contributed by atoms with Gasteiger partial charge in [0.25, 0.3) is 0 Å². The third kappa shape index (κ3) is 4.58. The number of amides is 3. The zero-order valence-corrected chi connectivity index (χ0v) is 16.4. The summed E-state index contributed by atoms with van der Waals surface area (Å²) in [5, 5.41) is 13.4. The van der Waals surface area contributed by atoms with Crippen LogP contribution in [0.3, 0.4) is 0 Å². The van der Waals surface area contributed by atoms with E-state index in [1.165, 1.54) is 11.8 Å². The fourth-order valence-corrected chi connectivity index (χ4v) is 3.65. The largest absolute Gasteiger partial charge is 0.338 e. The van der Waals surface area contributed by atoms with Crippen molar-refractivity contribution in [2.45, 2.75) is 17.3 Å². The number of carbonyl (C=O) groups is 2. The van der Waals surface area contributed by atoms with Gasteiger partial charge in [0, 0.05) is 19.2 Å². The summed E-state index contributed by atoms with van der Waals surface area (Å²) in [6, 6.07) is 18.5. The molecular formula is C20H21N5O2S. The first-order valence-electron chi connectivity index (χ1n) is 8.85. The Morgan fingerprint density at radius 1 is 1.04 bits per heavy atom. The van der Waals surface area contributed by atoms with Crippen LogP contribution in [0.4, 0.5) is 4.79 Å². The number of rotatable bonds is 6. The molecule has 1 heterocycles. The van der Waals surface area contributed by atoms with Crippen molar-refractivity contribution in [3.63, 3.8) is 0 Å². The lowest BCUT2D eigenvalue weighted by molar-refractivity contribution is -0.119. The summed E-state index contributed by atoms with van der Waals surface area (Å²) in [7, 11) is 1.86. The van der Waals surface area contributed by atoms with Crippen LogP contribution < -0.4 is 10.6 Å². The second-order valence-corrected chi connectivity index (χ2v) is 7.06. The molecule has 0 radical (unpaired) electrons. The molecule has 28 heavy (non-hydrogen) atoms. The van der Waals surface area contributed by atoms with Gasteiger partial charge in [-0.1, -0.05) is 72.4 Å². The summed E-state index contributed by atoms with van der Waals surface area (Å²) in [5.74, 6) is 0.297. The highest BCUT2D eigenvalue weighted by molar-refractivity contribution is 8.00. The maximum absolute atomic E-state index is 12.8. The molecule has 0 unspecified atom stereocenters. The van der Waals surface area contributed by atoms with Gasteiger partial charge in [-0.25, -0.2) is 4.79 Å². The van der Waals surface area contributed by atoms with Gasteiger partial charge in [0.05, 0.1) is 0 Å². The molecule has 0 saturated heterocycles. The fourth-order valence-electron chi connectivity index (χ4n) is 2.64. The van der Waals surface area contributed by atoms with Crippen LogP contribution in [0.25, 0.3) is 11.4 Å². The third-order valence-electron chi connectivity index (χ3n) is 4.00. The standard InChI is InChI=1S/C20H21N5O2S/c1-3-21-19(27)22-18(26)16(14-10-6-4-7-11-14)28-20-24-23-17(25(20)2)15-12-8-5-9-13-15/h4-13,16H,3H2,1-2H3,(H2,21,22,26,27)/t16-/m1/s1. The van der Waals surface area contributed by atoms with Gasteiger partial charge in [-0.2, -0.15) is 0 Å². The predicted molar refractivity (Wildman–Crippen MR) is 109 cm³/mol. The zero-order chi connectivity index (χ0) is 19.9. The molecule has 144 valence electrons. The zero-order valence-electron chi connectivity index (χ0n) is 15.6. The summed E-state index contributed by atoms with van der Waals surface area (Å²) < 4.78 is 1.84. The van der Waals surface area contributed by atoms with Gasteiger partial charge in [-0.05, 0) is 12.5 Å². The smallest absolute Gasteiger partial charge is 0.321 e. The normalized spacial score (nSPS) is 11.6. The minimum absolute atomic E-state index is 0.411. The van der Waals surface area contributed by atoms with Crippen molar-refractivity contribution in [3.8, 4) is 11.4 Å². The van der Waals surface area contributed by atoms with E-state index in [-0.39, 0.29) is 0 Å². The average Bonchev–Trinajstić information content (AvgIpc) is 3.07. The maximum Gasteiger partial charge on any atom is 0.321 e. The molecule has 7 nitrogen and oxygen atoms in total. The van der Waals surface area contributed by atoms with Crippen LogP contribution in [-0.2, 0) is 11.8 Å². The van der Waals surface area contributed by atoms with Gasteiger partial charge in [0.15, 0.2) is 11.0 Å². The number of aromatic nitrogens is 3. The van der Waals surface area contributed by atoms with Gasteiger partial charge in [0.1, 0.15) is 5.25 Å². The van der Waals surface area contributed by atoms with Gasteiger partial charge >= 0.3 is 6.03 Å². The second kappa shape index (κ2) is 9.18. The molecule has 0 aliphatic carbocycles. The topological polar surface area (TPSA) is 88.9 Å². The van der Waals surface area contributed by atoms with Crippen LogP contribution in [0.2, 0.25) is 0 Å². The molecule has 0 fully saturated rings. The SMILES string of the molecule is CCNC(=O)NC(=O)[C@H](Sc1nnc(-c2ccccc2)n1C)c1ccccc1. The maximum atomic E-state index is 12.8. The van der Waals surface area contributed by atoms with Crippen molar-refractivity contribution in [3.05, 3.63) is 66.2 Å². The molecule has 3 rings (SSSR count). The number of thioether (sulfide) groups is 1. The van der Waals surface area contributed by atoms with Crippen LogP contribution in [0.1, 0.15) is 17.7 Å². The molecule has 0 spiro atoms. The molecule has 1 atom stereocenters. The lowest BCUT2D eigenvalue weighted by Gasteiger charge is -2.16. The van der Waals surface area contributed by atoms with Crippen LogP contribution in [0.5, 0.6) is 0 Å². The molecular weight excluding hydrogens is 374 g/mol. The van der Waals surface area contributed by atoms with Crippen LogP contribution in [0, 0.1) is 0 Å². The van der Waals surface area contributed by atoms with Crippen molar-refractivity contribution >= 4 is 23.7 Å². The molecule has 0 aliphatic rings. The highest BCUT2D eigenvalue weighted by Gasteiger charge is 2.26. The fraction of sp³-hybridized carbons (Fsp3) is 0.200. The first-order chi connectivity index (χ1) is 13.6. The molecule has 3 amide bonds. The van der Waals surface area contributed by atoms with E-state index in [1.54, 1.807) is 6.92 Å². The van der Waals surface area contributed by atoms with Gasteiger partial charge in [0.2, 0.25) is 5.91 Å². The van der Waals surface area contributed by atoms with Crippen molar-refractivity contribution in [2.24, 2.45) is 7.05 Å². The Balaban J connectivity index is 1.87. The van der Waals surface area contributed by atoms with E-state index in [0.717, 1.165) is 11.1 Å². The highest BCUT2D eigenvalue weighted by Crippen LogP contribution is 2.35. The average molecular weight is 395 g/mol. The molecule has 0 saturated carbocycles. The van der Waals surface area contributed by atoms with Crippen molar-refractivity contribution in [1.29, 1.82) is 0 Å². The Kier molecular flexibility index (Phi) is 6.44. The number of nitrogens with zero attached hydrogens (tertiary/aromatic N) is 3. The Morgan fingerprint density at radius 2 is 1.68 bits per heavy atom. The number of urea groups is 1. The van der Waals surface area contributed by atoms with Gasteiger partial charge in [-0.3, -0.25) is 10.1 Å². The van der Waals surface area contributed by atoms with Crippen molar-refractivity contribution in [2.75, 3.05) is 6.54 Å². The summed E-state index contributed by atoms with van der Waals surface area (Å²) in [4.78, 5) is 24.6. The highest BCUT2D eigenvalue weighted by atomic mass is 32.2. The lowest BCUT2D eigenvalue weighted by Crippen LogP contribution is -2.41. The van der Waals surface area contributed by atoms with Gasteiger partial charge in [-0.15, -0.1) is 10.2 Å². The summed E-state index contributed by atoms with van der Waals surface area (Å²) in [6.45, 7) is 2.23. The third-order valence-corrected chi connectivity index (χ3v) is 5.29. The quantitative estimate of drug-likeness (QED) is 0.626. The van der Waals surface area contributed by atoms with E-state index in [2.05, 4.69) is 20.8 Å². The molecule has 3 aromatic rings. The van der Waals surface area contributed by atoms with Gasteiger partial charge < -0.3 is 9.88 Å². The van der Waals surface area contributed by atoms with E-state index in [0.29, 0.717) is 17.5 Å². The predicted octanol–water partition coefficient (Wildman–Crippen LogP) is 3.16. The van der Waals surface area contributed by atoms with Crippen LogP contribution in [0.15, 0.2) is 65.8 Å². The van der Waals surface area contributed by atoms with E-state index < -0.39 is 17.2 Å². The molecule has 2 N–H and O–H groups in total. The number of benzene rings is 2. The van der Waals surface area contributed by atoms with Crippen LogP contribution in [-0.4, -0.2) is 33.2 Å². The molecule has 2 aromatic carbocycles. The first kappa shape index (κ1) is 19.6. The summed E-state index contributed by atoms with van der Waals surface area (Å²) >= 11 is 1.25. The van der Waals surface area contributed by atoms with E-state index >= 15 is 0 Å². The van der Waals surface area contributed by atoms with Crippen LogP contribution >= 0.6 is 11.8 Å². The number of imide groups is 1. The van der Waals surface area contributed by atoms with Crippen molar-refractivity contribution in [1.82, 2.24) is 25.4 Å². The first-order valence-corrected chi connectivity index (χ1v) is 9.73. The van der Waals surface area contributed by atoms with E-state index in [4.69, 9.17) is 0 Å². The van der Waals surface area contributed by atoms with E-state index in [9.17, 15) is 9.59 Å². The summed E-state index contributed by atoms with van der Waals surface area (Å²) in [5.41, 5.74) is 1.71. The Hall–Kier alpha value is -3.13. The molecule has 1 aromatic heterocycles. The van der Waals surface area contributed by atoms with E-state index in [1.807, 2.05) is 72.3 Å². The second-order valence-electron chi connectivity index (χ2n) is 5.99. The Morgan fingerprint density at radius 3 is 2.32 bits per heavy atom. The number of hydrogen-bond donors (Lipinski definition) is 2. The minimum Gasteiger partial charge on any atom is -0.338 e. The molecule has 0 aliphatic heterocycles. The summed E-state index contributed by atoms with van der Waals surface area (Å²) in [6.07, 6.45) is 0. The molecule has 0 bridgehead atoms. The lowest BCUT2D eigenvalue weighted by atomic mass is 10.1. The Bertz CT molecular complexity index is 944. The molecule has 8 heteroatoms. The monoisotopic (exact) mass is 395 g/mol. The number of nitrogens with one attached hydrogen (secondary N) is 2. The number of carbonyl (C=O) groups excluding carboxylic acids is 2. The van der Waals surface area contributed by atoms with Crippen molar-refractivity contribution < 1.29 is 9.59 Å². The minimum atomic E-state index is -0.643. The number of hydrogen-bond acceptors (Lipinski definition) is 5. The Labute approximate surface area is 167 Å².